The average molecular weight is 406 g/mol. The highest BCUT2D eigenvalue weighted by Gasteiger charge is 2.16. The van der Waals surface area contributed by atoms with Gasteiger partial charge in [-0.05, 0) is 48.5 Å². The highest BCUT2D eigenvalue weighted by molar-refractivity contribution is 6.12. The summed E-state index contributed by atoms with van der Waals surface area (Å²) in [5.41, 5.74) is 1.64. The Hall–Kier alpha value is -4.00. The molecule has 7 heteroatoms. The van der Waals surface area contributed by atoms with Gasteiger partial charge in [-0.25, -0.2) is 0 Å². The number of rotatable bonds is 7. The number of hydrogen-bond donors (Lipinski definition) is 2. The molecule has 0 aliphatic heterocycles. The number of benzene rings is 3. The first-order valence-corrected chi connectivity index (χ1v) is 9.13. The second kappa shape index (κ2) is 9.47. The minimum atomic E-state index is -0.385. The van der Waals surface area contributed by atoms with Crippen LogP contribution < -0.4 is 24.8 Å². The Morgan fingerprint density at radius 3 is 1.97 bits per heavy atom. The van der Waals surface area contributed by atoms with Crippen molar-refractivity contribution in [2.75, 3.05) is 32.0 Å². The van der Waals surface area contributed by atoms with Crippen molar-refractivity contribution in [1.29, 1.82) is 0 Å². The SMILES string of the molecule is COc1ccc(C(=O)Nc2ccccc2C(=O)Nc2ccc(OC)cc2OC)cc1. The van der Waals surface area contributed by atoms with Crippen LogP contribution in [0.4, 0.5) is 11.4 Å². The molecule has 0 aliphatic carbocycles. The second-order valence-electron chi connectivity index (χ2n) is 6.25. The summed E-state index contributed by atoms with van der Waals surface area (Å²) in [5.74, 6) is 1.00. The number of anilines is 2. The number of carbonyl (C=O) groups excluding carboxylic acids is 2. The molecular weight excluding hydrogens is 384 g/mol. The van der Waals surface area contributed by atoms with Gasteiger partial charge in [-0.2, -0.15) is 0 Å². The predicted molar refractivity (Wildman–Crippen MR) is 115 cm³/mol. The molecule has 0 atom stereocenters. The number of hydrogen-bond acceptors (Lipinski definition) is 5. The first-order chi connectivity index (χ1) is 14.5. The molecule has 0 saturated heterocycles. The Morgan fingerprint density at radius 1 is 0.667 bits per heavy atom. The maximum absolute atomic E-state index is 12.9. The van der Waals surface area contributed by atoms with Crippen molar-refractivity contribution < 1.29 is 23.8 Å². The summed E-state index contributed by atoms with van der Waals surface area (Å²) in [4.78, 5) is 25.5. The van der Waals surface area contributed by atoms with Crippen molar-refractivity contribution in [3.8, 4) is 17.2 Å². The van der Waals surface area contributed by atoms with Crippen molar-refractivity contribution in [3.05, 3.63) is 77.9 Å². The quantitative estimate of drug-likeness (QED) is 0.614. The van der Waals surface area contributed by atoms with Gasteiger partial charge in [0, 0.05) is 11.6 Å². The molecule has 30 heavy (non-hydrogen) atoms. The summed E-state index contributed by atoms with van der Waals surface area (Å²) < 4.78 is 15.6. The molecule has 7 nitrogen and oxygen atoms in total. The van der Waals surface area contributed by atoms with Crippen LogP contribution in [0.3, 0.4) is 0 Å². The van der Waals surface area contributed by atoms with Crippen LogP contribution in [0.5, 0.6) is 17.2 Å². The summed E-state index contributed by atoms with van der Waals surface area (Å²) in [6.07, 6.45) is 0. The van der Waals surface area contributed by atoms with Gasteiger partial charge >= 0.3 is 0 Å². The number of amides is 2. The van der Waals surface area contributed by atoms with E-state index in [1.165, 1.54) is 7.11 Å². The van der Waals surface area contributed by atoms with E-state index < -0.39 is 0 Å². The van der Waals surface area contributed by atoms with E-state index in [1.54, 1.807) is 80.9 Å². The molecule has 0 aromatic heterocycles. The normalized spacial score (nSPS) is 10.1. The molecule has 3 aromatic carbocycles. The molecule has 2 N–H and O–H groups in total. The van der Waals surface area contributed by atoms with Crippen LogP contribution in [0.1, 0.15) is 20.7 Å². The Bertz CT molecular complexity index is 1050. The van der Waals surface area contributed by atoms with Gasteiger partial charge in [-0.3, -0.25) is 9.59 Å². The highest BCUT2D eigenvalue weighted by atomic mass is 16.5. The first kappa shape index (κ1) is 20.7. The van der Waals surface area contributed by atoms with Gasteiger partial charge in [-0.15, -0.1) is 0 Å². The lowest BCUT2D eigenvalue weighted by atomic mass is 10.1. The lowest BCUT2D eigenvalue weighted by molar-refractivity contribution is 0.102. The molecule has 0 saturated carbocycles. The molecule has 0 radical (unpaired) electrons. The van der Waals surface area contributed by atoms with Crippen molar-refractivity contribution in [2.24, 2.45) is 0 Å². The van der Waals surface area contributed by atoms with Crippen LogP contribution in [0.15, 0.2) is 66.7 Å². The molecule has 0 fully saturated rings. The summed E-state index contributed by atoms with van der Waals surface area (Å²) in [7, 11) is 4.62. The molecule has 0 unspecified atom stereocenters. The molecule has 0 bridgehead atoms. The average Bonchev–Trinajstić information content (AvgIpc) is 2.79. The zero-order valence-electron chi connectivity index (χ0n) is 16.9. The number of para-hydroxylation sites is 1. The molecule has 0 heterocycles. The summed E-state index contributed by atoms with van der Waals surface area (Å²) in [6, 6.07) is 18.6. The topological polar surface area (TPSA) is 85.9 Å². The molecule has 0 aliphatic rings. The third-order valence-corrected chi connectivity index (χ3v) is 4.43. The Kier molecular flexibility index (Phi) is 6.54. The van der Waals surface area contributed by atoms with Gasteiger partial charge in [0.15, 0.2) is 0 Å². The summed E-state index contributed by atoms with van der Waals surface area (Å²) in [6.45, 7) is 0. The van der Waals surface area contributed by atoms with Gasteiger partial charge < -0.3 is 24.8 Å². The molecular formula is C23H22N2O5. The highest BCUT2D eigenvalue weighted by Crippen LogP contribution is 2.30. The van der Waals surface area contributed by atoms with Crippen molar-refractivity contribution in [2.45, 2.75) is 0 Å². The Morgan fingerprint density at radius 2 is 1.30 bits per heavy atom. The standard InChI is InChI=1S/C23H22N2O5/c1-28-16-10-8-15(9-11-16)22(26)24-19-7-5-4-6-18(19)23(27)25-20-13-12-17(29-2)14-21(20)30-3/h4-14H,1-3H3,(H,24,26)(H,25,27). The summed E-state index contributed by atoms with van der Waals surface area (Å²) >= 11 is 0. The fourth-order valence-corrected chi connectivity index (χ4v) is 2.82. The van der Waals surface area contributed by atoms with Gasteiger partial charge in [-0.1, -0.05) is 12.1 Å². The lowest BCUT2D eigenvalue weighted by Gasteiger charge is -2.14. The van der Waals surface area contributed by atoms with Crippen molar-refractivity contribution >= 4 is 23.2 Å². The Labute approximate surface area is 174 Å². The zero-order valence-corrected chi connectivity index (χ0v) is 16.9. The van der Waals surface area contributed by atoms with Crippen LogP contribution >= 0.6 is 0 Å². The van der Waals surface area contributed by atoms with Crippen LogP contribution in [-0.4, -0.2) is 33.1 Å². The predicted octanol–water partition coefficient (Wildman–Crippen LogP) is 4.22. The van der Waals surface area contributed by atoms with Gasteiger partial charge in [0.25, 0.3) is 11.8 Å². The smallest absolute Gasteiger partial charge is 0.257 e. The van der Waals surface area contributed by atoms with E-state index in [4.69, 9.17) is 14.2 Å². The van der Waals surface area contributed by atoms with E-state index in [0.717, 1.165) is 0 Å². The molecule has 0 spiro atoms. The minimum absolute atomic E-state index is 0.317. The third-order valence-electron chi connectivity index (χ3n) is 4.43. The molecule has 154 valence electrons. The van der Waals surface area contributed by atoms with Gasteiger partial charge in [0.2, 0.25) is 0 Å². The Balaban J connectivity index is 1.80. The largest absolute Gasteiger partial charge is 0.497 e. The lowest BCUT2D eigenvalue weighted by Crippen LogP contribution is -2.18. The first-order valence-electron chi connectivity index (χ1n) is 9.13. The number of methoxy groups -OCH3 is 3. The number of carbonyl (C=O) groups is 2. The van der Waals surface area contributed by atoms with E-state index in [9.17, 15) is 9.59 Å². The van der Waals surface area contributed by atoms with E-state index in [0.29, 0.717) is 39.8 Å². The minimum Gasteiger partial charge on any atom is -0.497 e. The van der Waals surface area contributed by atoms with Crippen molar-refractivity contribution in [1.82, 2.24) is 0 Å². The molecule has 3 aromatic rings. The maximum Gasteiger partial charge on any atom is 0.257 e. The van der Waals surface area contributed by atoms with Crippen LogP contribution in [0.25, 0.3) is 0 Å². The van der Waals surface area contributed by atoms with Gasteiger partial charge in [0.1, 0.15) is 17.2 Å². The maximum atomic E-state index is 12.9. The van der Waals surface area contributed by atoms with E-state index in [-0.39, 0.29) is 11.8 Å². The van der Waals surface area contributed by atoms with Crippen LogP contribution in [0.2, 0.25) is 0 Å². The van der Waals surface area contributed by atoms with Crippen LogP contribution in [-0.2, 0) is 0 Å². The number of nitrogens with one attached hydrogen (secondary N) is 2. The molecule has 3 rings (SSSR count). The van der Waals surface area contributed by atoms with Gasteiger partial charge in [0.05, 0.1) is 38.3 Å². The molecule has 2 amide bonds. The number of ether oxygens (including phenoxy) is 3. The fourth-order valence-electron chi connectivity index (χ4n) is 2.82. The fraction of sp³-hybridized carbons (Fsp3) is 0.130. The summed E-state index contributed by atoms with van der Waals surface area (Å²) in [5, 5.41) is 5.60. The zero-order chi connectivity index (χ0) is 21.5. The van der Waals surface area contributed by atoms with E-state index >= 15 is 0 Å². The van der Waals surface area contributed by atoms with E-state index in [2.05, 4.69) is 10.6 Å². The van der Waals surface area contributed by atoms with Crippen molar-refractivity contribution in [3.63, 3.8) is 0 Å². The second-order valence-corrected chi connectivity index (χ2v) is 6.25. The third kappa shape index (κ3) is 4.70. The monoisotopic (exact) mass is 406 g/mol. The van der Waals surface area contributed by atoms with E-state index in [1.807, 2.05) is 0 Å². The van der Waals surface area contributed by atoms with Crippen LogP contribution in [0, 0.1) is 0 Å².